The van der Waals surface area contributed by atoms with Crippen LogP contribution >= 0.6 is 0 Å². The van der Waals surface area contributed by atoms with Gasteiger partial charge in [-0.05, 0) is 27.2 Å². The Labute approximate surface area is 160 Å². The predicted molar refractivity (Wildman–Crippen MR) is 107 cm³/mol. The molecule has 0 unspecified atom stereocenters. The van der Waals surface area contributed by atoms with Crippen LogP contribution in [0.4, 0.5) is 4.79 Å². The van der Waals surface area contributed by atoms with E-state index >= 15 is 0 Å². The van der Waals surface area contributed by atoms with Crippen LogP contribution in [0.3, 0.4) is 0 Å². The van der Waals surface area contributed by atoms with Gasteiger partial charge in [0.1, 0.15) is 12.1 Å². The monoisotopic (exact) mass is 371 g/mol. The van der Waals surface area contributed by atoms with Gasteiger partial charge in [-0.2, -0.15) is 0 Å². The van der Waals surface area contributed by atoms with Gasteiger partial charge in [-0.1, -0.05) is 77.6 Å². The lowest BCUT2D eigenvalue weighted by Crippen LogP contribution is -2.40. The first-order valence-electron chi connectivity index (χ1n) is 10.5. The second kappa shape index (κ2) is 14.9. The molecule has 0 aromatic carbocycles. The number of rotatable bonds is 15. The summed E-state index contributed by atoms with van der Waals surface area (Å²) in [5, 5.41) is 8.97. The summed E-state index contributed by atoms with van der Waals surface area (Å²) in [6, 6.07) is 0. The lowest BCUT2D eigenvalue weighted by molar-refractivity contribution is -0.138. The molecule has 1 N–H and O–H groups in total. The average Bonchev–Trinajstić information content (AvgIpc) is 2.52. The highest BCUT2D eigenvalue weighted by molar-refractivity contribution is 5.76. The molecule has 26 heavy (non-hydrogen) atoms. The zero-order valence-electron chi connectivity index (χ0n) is 17.5. The molecule has 0 heterocycles. The summed E-state index contributed by atoms with van der Waals surface area (Å²) in [6.45, 7) is 7.75. The molecular formula is C21H41NO4. The molecule has 0 spiro atoms. The molecule has 0 aliphatic heterocycles. The van der Waals surface area contributed by atoms with Crippen LogP contribution in [0.1, 0.15) is 105 Å². The molecule has 1 amide bonds. The Morgan fingerprint density at radius 2 is 1.23 bits per heavy atom. The number of hydrogen-bond acceptors (Lipinski definition) is 3. The number of carbonyl (C=O) groups is 2. The van der Waals surface area contributed by atoms with Gasteiger partial charge in [0, 0.05) is 6.54 Å². The van der Waals surface area contributed by atoms with E-state index in [0.29, 0.717) is 6.54 Å². The van der Waals surface area contributed by atoms with Crippen molar-refractivity contribution in [3.05, 3.63) is 0 Å². The second-order valence-electron chi connectivity index (χ2n) is 8.18. The van der Waals surface area contributed by atoms with Gasteiger partial charge in [-0.15, -0.1) is 0 Å². The van der Waals surface area contributed by atoms with E-state index in [1.54, 1.807) is 20.8 Å². The minimum absolute atomic E-state index is 0.299. The number of carboxylic acids is 1. The van der Waals surface area contributed by atoms with Crippen molar-refractivity contribution in [2.24, 2.45) is 0 Å². The minimum Gasteiger partial charge on any atom is -0.480 e. The van der Waals surface area contributed by atoms with Gasteiger partial charge in [-0.3, -0.25) is 9.69 Å². The Morgan fingerprint density at radius 1 is 0.808 bits per heavy atom. The van der Waals surface area contributed by atoms with Crippen molar-refractivity contribution in [3.63, 3.8) is 0 Å². The Kier molecular flexibility index (Phi) is 14.1. The van der Waals surface area contributed by atoms with Crippen LogP contribution in [0.15, 0.2) is 0 Å². The van der Waals surface area contributed by atoms with Gasteiger partial charge >= 0.3 is 12.1 Å². The van der Waals surface area contributed by atoms with Gasteiger partial charge in [-0.25, -0.2) is 4.79 Å². The molecule has 0 rings (SSSR count). The second-order valence-corrected chi connectivity index (χ2v) is 8.18. The van der Waals surface area contributed by atoms with Crippen LogP contribution in [0, 0.1) is 0 Å². The standard InChI is InChI=1S/C21H41NO4/c1-5-6-7-8-9-10-11-12-13-14-15-16-17-22(18-19(23)24)20(25)26-21(2,3)4/h5-18H2,1-4H3,(H,23,24). The molecule has 0 saturated heterocycles. The predicted octanol–water partition coefficient (Wildman–Crippen LogP) is 6.01. The Morgan fingerprint density at radius 3 is 1.62 bits per heavy atom. The van der Waals surface area contributed by atoms with E-state index in [4.69, 9.17) is 9.84 Å². The van der Waals surface area contributed by atoms with Gasteiger partial charge in [0.05, 0.1) is 0 Å². The Bertz CT molecular complexity index is 377. The third-order valence-electron chi connectivity index (χ3n) is 4.26. The fraction of sp³-hybridized carbons (Fsp3) is 0.905. The van der Waals surface area contributed by atoms with Gasteiger partial charge < -0.3 is 9.84 Å². The Hall–Kier alpha value is -1.26. The smallest absolute Gasteiger partial charge is 0.410 e. The summed E-state index contributed by atoms with van der Waals surface area (Å²) in [5.41, 5.74) is -0.607. The van der Waals surface area contributed by atoms with E-state index in [9.17, 15) is 9.59 Å². The van der Waals surface area contributed by atoms with Crippen LogP contribution in [0.25, 0.3) is 0 Å². The fourth-order valence-electron chi connectivity index (χ4n) is 2.87. The van der Waals surface area contributed by atoms with E-state index in [-0.39, 0.29) is 6.54 Å². The Balaban J connectivity index is 3.76. The van der Waals surface area contributed by atoms with Crippen molar-refractivity contribution in [1.29, 1.82) is 0 Å². The quantitative estimate of drug-likeness (QED) is 0.358. The molecule has 0 aromatic heterocycles. The van der Waals surface area contributed by atoms with E-state index in [0.717, 1.165) is 19.3 Å². The number of carbonyl (C=O) groups excluding carboxylic acids is 1. The first kappa shape index (κ1) is 24.7. The highest BCUT2D eigenvalue weighted by Crippen LogP contribution is 2.13. The van der Waals surface area contributed by atoms with E-state index in [2.05, 4.69) is 6.92 Å². The number of nitrogens with zero attached hydrogens (tertiary/aromatic N) is 1. The van der Waals surface area contributed by atoms with Gasteiger partial charge in [0.25, 0.3) is 0 Å². The van der Waals surface area contributed by atoms with E-state index < -0.39 is 17.7 Å². The molecule has 5 heteroatoms. The third kappa shape index (κ3) is 16.2. The number of carboxylic acid groups (broad SMARTS) is 1. The molecule has 0 saturated carbocycles. The zero-order chi connectivity index (χ0) is 19.8. The fourth-order valence-corrected chi connectivity index (χ4v) is 2.87. The molecule has 0 aliphatic rings. The van der Waals surface area contributed by atoms with Crippen molar-refractivity contribution in [2.45, 2.75) is 110 Å². The van der Waals surface area contributed by atoms with Gasteiger partial charge in [0.15, 0.2) is 0 Å². The molecule has 0 aromatic rings. The summed E-state index contributed by atoms with van der Waals surface area (Å²) in [6.07, 6.45) is 14.4. The van der Waals surface area contributed by atoms with Crippen molar-refractivity contribution in [3.8, 4) is 0 Å². The highest BCUT2D eigenvalue weighted by Gasteiger charge is 2.23. The minimum atomic E-state index is -1.00. The molecular weight excluding hydrogens is 330 g/mol. The van der Waals surface area contributed by atoms with Crippen LogP contribution < -0.4 is 0 Å². The molecule has 0 aliphatic carbocycles. The van der Waals surface area contributed by atoms with Crippen LogP contribution in [-0.4, -0.2) is 40.8 Å². The highest BCUT2D eigenvalue weighted by atomic mass is 16.6. The van der Waals surface area contributed by atoms with Crippen molar-refractivity contribution in [2.75, 3.05) is 13.1 Å². The van der Waals surface area contributed by atoms with Crippen molar-refractivity contribution < 1.29 is 19.4 Å². The van der Waals surface area contributed by atoms with Crippen molar-refractivity contribution in [1.82, 2.24) is 4.90 Å². The van der Waals surface area contributed by atoms with Crippen molar-refractivity contribution >= 4 is 12.1 Å². The number of hydrogen-bond donors (Lipinski definition) is 1. The lowest BCUT2D eigenvalue weighted by Gasteiger charge is -2.26. The summed E-state index contributed by atoms with van der Waals surface area (Å²) in [5.74, 6) is -1.00. The number of aliphatic carboxylic acids is 1. The normalized spacial score (nSPS) is 11.4. The third-order valence-corrected chi connectivity index (χ3v) is 4.26. The molecule has 154 valence electrons. The van der Waals surface area contributed by atoms with Gasteiger partial charge in [0.2, 0.25) is 0 Å². The maximum Gasteiger partial charge on any atom is 0.410 e. The average molecular weight is 372 g/mol. The van der Waals surface area contributed by atoms with E-state index in [1.165, 1.54) is 62.7 Å². The van der Waals surface area contributed by atoms with E-state index in [1.807, 2.05) is 0 Å². The van der Waals surface area contributed by atoms with Crippen LogP contribution in [0.5, 0.6) is 0 Å². The molecule has 0 fully saturated rings. The molecule has 0 radical (unpaired) electrons. The first-order valence-corrected chi connectivity index (χ1v) is 10.5. The first-order chi connectivity index (χ1) is 12.3. The topological polar surface area (TPSA) is 66.8 Å². The number of ether oxygens (including phenoxy) is 1. The molecule has 0 atom stereocenters. The largest absolute Gasteiger partial charge is 0.480 e. The SMILES string of the molecule is CCCCCCCCCCCCCCN(CC(=O)O)C(=O)OC(C)(C)C. The van der Waals surface area contributed by atoms with Crippen LogP contribution in [0.2, 0.25) is 0 Å². The summed E-state index contributed by atoms with van der Waals surface area (Å²) < 4.78 is 5.28. The van der Waals surface area contributed by atoms with Crippen LogP contribution in [-0.2, 0) is 9.53 Å². The summed E-state index contributed by atoms with van der Waals surface area (Å²) in [4.78, 5) is 24.3. The summed E-state index contributed by atoms with van der Waals surface area (Å²) >= 11 is 0. The molecule has 0 bridgehead atoms. The maximum absolute atomic E-state index is 12.1. The molecule has 5 nitrogen and oxygen atoms in total. The maximum atomic E-state index is 12.1. The number of amides is 1. The lowest BCUT2D eigenvalue weighted by atomic mass is 10.1. The summed E-state index contributed by atoms with van der Waals surface area (Å²) in [7, 11) is 0. The number of unbranched alkanes of at least 4 members (excludes halogenated alkanes) is 11. The zero-order valence-corrected chi connectivity index (χ0v) is 17.5.